The van der Waals surface area contributed by atoms with E-state index < -0.39 is 0 Å². The van der Waals surface area contributed by atoms with Gasteiger partial charge in [0.15, 0.2) is 0 Å². The minimum Gasteiger partial charge on any atom is -0.341 e. The van der Waals surface area contributed by atoms with Crippen LogP contribution in [0, 0.1) is 0 Å². The fraction of sp³-hybridized carbons (Fsp3) is 0.391. The average molecular weight is 430 g/mol. The Labute approximate surface area is 181 Å². The van der Waals surface area contributed by atoms with Crippen molar-refractivity contribution >= 4 is 40.1 Å². The number of hydrogen-bond donors (Lipinski definition) is 0. The topological polar surface area (TPSA) is 38.1 Å². The number of halogens is 2. The summed E-state index contributed by atoms with van der Waals surface area (Å²) < 4.78 is 2.14. The van der Waals surface area contributed by atoms with Crippen LogP contribution < -0.4 is 0 Å². The molecular formula is C23H25Cl2N3O. The van der Waals surface area contributed by atoms with Crippen molar-refractivity contribution in [2.45, 2.75) is 45.1 Å². The zero-order chi connectivity index (χ0) is 20.4. The van der Waals surface area contributed by atoms with Gasteiger partial charge in [-0.15, -0.1) is 0 Å². The number of carbonyl (C=O) groups is 1. The fourth-order valence-electron chi connectivity index (χ4n) is 4.19. The lowest BCUT2D eigenvalue weighted by atomic mass is 10.1. The van der Waals surface area contributed by atoms with Gasteiger partial charge in [0.1, 0.15) is 11.9 Å². The molecule has 1 fully saturated rings. The second kappa shape index (κ2) is 8.76. The molecule has 0 aliphatic carbocycles. The molecule has 3 aromatic rings. The summed E-state index contributed by atoms with van der Waals surface area (Å²) >= 11 is 12.5. The summed E-state index contributed by atoms with van der Waals surface area (Å²) in [6, 6.07) is 13.3. The monoisotopic (exact) mass is 429 g/mol. The number of fused-ring (bicyclic) bond motifs is 1. The Morgan fingerprint density at radius 3 is 2.62 bits per heavy atom. The number of hydrogen-bond acceptors (Lipinski definition) is 2. The van der Waals surface area contributed by atoms with Crippen molar-refractivity contribution in [3.8, 4) is 0 Å². The molecule has 0 radical (unpaired) electrons. The van der Waals surface area contributed by atoms with Crippen LogP contribution in [0.2, 0.25) is 10.0 Å². The highest BCUT2D eigenvalue weighted by molar-refractivity contribution is 6.35. The molecule has 2 heterocycles. The van der Waals surface area contributed by atoms with Gasteiger partial charge in [-0.3, -0.25) is 4.79 Å². The number of aromatic nitrogens is 2. The first-order chi connectivity index (χ1) is 14.1. The first-order valence-electron chi connectivity index (χ1n) is 10.3. The summed E-state index contributed by atoms with van der Waals surface area (Å²) in [4.78, 5) is 20.3. The van der Waals surface area contributed by atoms with Crippen LogP contribution in [-0.2, 0) is 11.2 Å². The number of imidazole rings is 1. The van der Waals surface area contributed by atoms with Gasteiger partial charge >= 0.3 is 0 Å². The standard InChI is InChI=1S/C23H25Cl2N3O/c1-2-7-21(23(29)27-12-5-6-13-27)28-20-9-4-3-8-19(20)26-22(28)14-16-10-11-17(24)15-18(16)25/h3-4,8-11,15,21H,2,5-7,12-14H2,1H3/t21-/m0/s1. The molecule has 2 aromatic carbocycles. The van der Waals surface area contributed by atoms with Crippen LogP contribution in [0.5, 0.6) is 0 Å². The Morgan fingerprint density at radius 1 is 1.14 bits per heavy atom. The van der Waals surface area contributed by atoms with Crippen molar-refractivity contribution < 1.29 is 4.79 Å². The predicted octanol–water partition coefficient (Wildman–Crippen LogP) is 5.90. The van der Waals surface area contributed by atoms with E-state index in [9.17, 15) is 4.79 Å². The largest absolute Gasteiger partial charge is 0.341 e. The molecule has 1 amide bonds. The van der Waals surface area contributed by atoms with Gasteiger partial charge < -0.3 is 9.47 Å². The molecule has 6 heteroatoms. The van der Waals surface area contributed by atoms with Crippen molar-refractivity contribution in [2.75, 3.05) is 13.1 Å². The van der Waals surface area contributed by atoms with Gasteiger partial charge in [0.2, 0.25) is 5.91 Å². The van der Waals surface area contributed by atoms with Gasteiger partial charge in [-0.25, -0.2) is 4.98 Å². The summed E-state index contributed by atoms with van der Waals surface area (Å²) in [7, 11) is 0. The van der Waals surface area contributed by atoms with Gasteiger partial charge in [0, 0.05) is 29.6 Å². The normalized spacial score (nSPS) is 15.2. The lowest BCUT2D eigenvalue weighted by molar-refractivity contribution is -0.133. The maximum absolute atomic E-state index is 13.4. The summed E-state index contributed by atoms with van der Waals surface area (Å²) in [5.41, 5.74) is 2.86. The van der Waals surface area contributed by atoms with Crippen LogP contribution in [0.15, 0.2) is 42.5 Å². The number of rotatable bonds is 6. The average Bonchev–Trinajstić information content (AvgIpc) is 3.36. The molecule has 0 N–H and O–H groups in total. The van der Waals surface area contributed by atoms with Gasteiger partial charge in [0.05, 0.1) is 11.0 Å². The quantitative estimate of drug-likeness (QED) is 0.489. The van der Waals surface area contributed by atoms with Crippen LogP contribution in [0.4, 0.5) is 0 Å². The summed E-state index contributed by atoms with van der Waals surface area (Å²) in [6.45, 7) is 3.83. The fourth-order valence-corrected chi connectivity index (χ4v) is 4.66. The smallest absolute Gasteiger partial charge is 0.245 e. The number of para-hydroxylation sites is 2. The van der Waals surface area contributed by atoms with E-state index in [0.29, 0.717) is 16.5 Å². The summed E-state index contributed by atoms with van der Waals surface area (Å²) in [5, 5.41) is 1.23. The maximum atomic E-state index is 13.4. The van der Waals surface area contributed by atoms with Crippen LogP contribution >= 0.6 is 23.2 Å². The van der Waals surface area contributed by atoms with Crippen molar-refractivity contribution in [2.24, 2.45) is 0 Å². The Hall–Kier alpha value is -2.04. The predicted molar refractivity (Wildman–Crippen MR) is 119 cm³/mol. The Kier molecular flexibility index (Phi) is 6.12. The zero-order valence-electron chi connectivity index (χ0n) is 16.6. The SMILES string of the molecule is CCC[C@@H](C(=O)N1CCCC1)n1c(Cc2ccc(Cl)cc2Cl)nc2ccccc21. The molecule has 0 unspecified atom stereocenters. The number of likely N-dealkylation sites (tertiary alicyclic amines) is 1. The van der Waals surface area contributed by atoms with Crippen molar-refractivity contribution in [1.82, 2.24) is 14.5 Å². The third kappa shape index (κ3) is 4.15. The Morgan fingerprint density at radius 2 is 1.90 bits per heavy atom. The summed E-state index contributed by atoms with van der Waals surface area (Å²) in [6.07, 6.45) is 4.44. The number of amides is 1. The molecule has 29 heavy (non-hydrogen) atoms. The van der Waals surface area contributed by atoms with E-state index in [1.165, 1.54) is 0 Å². The maximum Gasteiger partial charge on any atom is 0.245 e. The van der Waals surface area contributed by atoms with Crippen LogP contribution in [0.25, 0.3) is 11.0 Å². The highest BCUT2D eigenvalue weighted by Crippen LogP contribution is 2.30. The third-order valence-electron chi connectivity index (χ3n) is 5.61. The lowest BCUT2D eigenvalue weighted by Crippen LogP contribution is -2.35. The lowest BCUT2D eigenvalue weighted by Gasteiger charge is -2.26. The van der Waals surface area contributed by atoms with E-state index in [4.69, 9.17) is 28.2 Å². The molecule has 4 rings (SSSR count). The van der Waals surface area contributed by atoms with Crippen molar-refractivity contribution in [3.05, 3.63) is 63.9 Å². The second-order valence-electron chi connectivity index (χ2n) is 7.64. The minimum absolute atomic E-state index is 0.205. The number of carbonyl (C=O) groups excluding carboxylic acids is 1. The van der Waals surface area contributed by atoms with Gasteiger partial charge in [-0.2, -0.15) is 0 Å². The summed E-state index contributed by atoms with van der Waals surface area (Å²) in [5.74, 6) is 1.07. The van der Waals surface area contributed by atoms with Crippen molar-refractivity contribution in [3.63, 3.8) is 0 Å². The number of benzene rings is 2. The highest BCUT2D eigenvalue weighted by Gasteiger charge is 2.30. The molecule has 0 spiro atoms. The van der Waals surface area contributed by atoms with Gasteiger partial charge in [0.25, 0.3) is 0 Å². The van der Waals surface area contributed by atoms with Gasteiger partial charge in [-0.1, -0.05) is 54.7 Å². The molecule has 0 saturated carbocycles. The van der Waals surface area contributed by atoms with E-state index in [1.807, 2.05) is 35.2 Å². The molecule has 152 valence electrons. The third-order valence-corrected chi connectivity index (χ3v) is 6.20. The second-order valence-corrected chi connectivity index (χ2v) is 8.48. The van der Waals surface area contributed by atoms with E-state index in [2.05, 4.69) is 17.6 Å². The molecule has 0 bridgehead atoms. The first-order valence-corrected chi connectivity index (χ1v) is 11.0. The molecule has 1 saturated heterocycles. The van der Waals surface area contributed by atoms with E-state index >= 15 is 0 Å². The molecule has 1 aromatic heterocycles. The van der Waals surface area contributed by atoms with E-state index in [-0.39, 0.29) is 11.9 Å². The number of nitrogens with zero attached hydrogens (tertiary/aromatic N) is 3. The molecule has 4 nitrogen and oxygen atoms in total. The first kappa shape index (κ1) is 20.2. The Balaban J connectivity index is 1.80. The van der Waals surface area contributed by atoms with E-state index in [1.54, 1.807) is 6.07 Å². The van der Waals surface area contributed by atoms with Crippen LogP contribution in [0.3, 0.4) is 0 Å². The molecule has 1 atom stereocenters. The van der Waals surface area contributed by atoms with Crippen LogP contribution in [0.1, 0.15) is 50.0 Å². The molecule has 1 aliphatic rings. The Bertz CT molecular complexity index is 1020. The van der Waals surface area contributed by atoms with Gasteiger partial charge in [-0.05, 0) is 49.1 Å². The zero-order valence-corrected chi connectivity index (χ0v) is 18.1. The minimum atomic E-state index is -0.244. The van der Waals surface area contributed by atoms with Crippen molar-refractivity contribution in [1.29, 1.82) is 0 Å². The molecule has 1 aliphatic heterocycles. The van der Waals surface area contributed by atoms with Crippen LogP contribution in [-0.4, -0.2) is 33.4 Å². The highest BCUT2D eigenvalue weighted by atomic mass is 35.5. The van der Waals surface area contributed by atoms with E-state index in [0.717, 1.165) is 61.2 Å². The molecular weight excluding hydrogens is 405 g/mol.